The van der Waals surface area contributed by atoms with E-state index in [1.54, 1.807) is 19.1 Å². The number of halogens is 1. The summed E-state index contributed by atoms with van der Waals surface area (Å²) in [6.45, 7) is 4.71. The number of hydrogen-bond acceptors (Lipinski definition) is 4. The molecule has 0 bridgehead atoms. The van der Waals surface area contributed by atoms with E-state index in [9.17, 15) is 13.2 Å². The van der Waals surface area contributed by atoms with E-state index in [0.29, 0.717) is 31.0 Å². The predicted molar refractivity (Wildman–Crippen MR) is 121 cm³/mol. The number of fused-ring (bicyclic) bond motifs is 1. The van der Waals surface area contributed by atoms with E-state index in [-0.39, 0.29) is 35.1 Å². The van der Waals surface area contributed by atoms with Gasteiger partial charge in [0.15, 0.2) is 0 Å². The molecule has 1 amide bonds. The topological polar surface area (TPSA) is 66.9 Å². The second kappa shape index (κ2) is 8.81. The Kier molecular flexibility index (Phi) is 6.28. The minimum atomic E-state index is -3.85. The Bertz CT molecular complexity index is 1090. The molecule has 0 N–H and O–H groups in total. The number of ether oxygens (including phenoxy) is 1. The quantitative estimate of drug-likeness (QED) is 0.670. The number of carbonyl (C=O) groups excluding carboxylic acids is 1. The lowest BCUT2D eigenvalue weighted by Crippen LogP contribution is -2.48. The summed E-state index contributed by atoms with van der Waals surface area (Å²) in [6.07, 6.45) is 2.12. The van der Waals surface area contributed by atoms with Crippen molar-refractivity contribution in [3.05, 3.63) is 53.1 Å². The van der Waals surface area contributed by atoms with Crippen molar-refractivity contribution in [3.8, 4) is 5.75 Å². The zero-order valence-corrected chi connectivity index (χ0v) is 19.3. The molecular formula is C23H27ClN2O4S. The van der Waals surface area contributed by atoms with Crippen molar-refractivity contribution < 1.29 is 17.9 Å². The first-order valence-electron chi connectivity index (χ1n) is 10.7. The van der Waals surface area contributed by atoms with Gasteiger partial charge in [-0.1, -0.05) is 29.8 Å². The molecule has 2 heterocycles. The molecule has 2 unspecified atom stereocenters. The molecule has 2 aliphatic heterocycles. The molecular weight excluding hydrogens is 436 g/mol. The molecule has 31 heavy (non-hydrogen) atoms. The monoisotopic (exact) mass is 462 g/mol. The fourth-order valence-corrected chi connectivity index (χ4v) is 6.48. The maximum Gasteiger partial charge on any atom is 0.246 e. The molecule has 0 aromatic heterocycles. The lowest BCUT2D eigenvalue weighted by molar-refractivity contribution is -0.123. The largest absolute Gasteiger partial charge is 0.492 e. The number of benzene rings is 2. The normalized spacial score (nSPS) is 21.7. The Balaban J connectivity index is 1.59. The highest BCUT2D eigenvalue weighted by Gasteiger charge is 2.39. The van der Waals surface area contributed by atoms with Crippen LogP contribution in [0.3, 0.4) is 0 Å². The van der Waals surface area contributed by atoms with Crippen LogP contribution >= 0.6 is 11.6 Å². The second-order valence-electron chi connectivity index (χ2n) is 8.12. The summed E-state index contributed by atoms with van der Waals surface area (Å²) in [5.74, 6) is -0.109. The molecule has 166 valence electrons. The van der Waals surface area contributed by atoms with Gasteiger partial charge in [-0.3, -0.25) is 4.79 Å². The van der Waals surface area contributed by atoms with Crippen LogP contribution < -0.4 is 9.64 Å². The fourth-order valence-electron chi connectivity index (χ4n) is 4.56. The van der Waals surface area contributed by atoms with E-state index >= 15 is 0 Å². The number of para-hydroxylation sites is 1. The highest BCUT2D eigenvalue weighted by atomic mass is 35.5. The molecule has 1 saturated heterocycles. The van der Waals surface area contributed by atoms with Crippen molar-refractivity contribution in [2.45, 2.75) is 44.0 Å². The Labute approximate surface area is 188 Å². The zero-order valence-electron chi connectivity index (χ0n) is 17.8. The van der Waals surface area contributed by atoms with Crippen LogP contribution in [-0.4, -0.2) is 44.4 Å². The maximum absolute atomic E-state index is 13.5. The average Bonchev–Trinajstić information content (AvgIpc) is 3.10. The summed E-state index contributed by atoms with van der Waals surface area (Å²) in [4.78, 5) is 15.4. The molecule has 0 aliphatic carbocycles. The Morgan fingerprint density at radius 3 is 2.77 bits per heavy atom. The number of hydrogen-bond donors (Lipinski definition) is 0. The number of sulfonamides is 1. The highest BCUT2D eigenvalue weighted by Crippen LogP contribution is 2.36. The number of anilines is 1. The molecule has 6 nitrogen and oxygen atoms in total. The van der Waals surface area contributed by atoms with Crippen molar-refractivity contribution >= 4 is 33.2 Å². The predicted octanol–water partition coefficient (Wildman–Crippen LogP) is 4.12. The van der Waals surface area contributed by atoms with Crippen LogP contribution in [0.2, 0.25) is 5.02 Å². The third-order valence-electron chi connectivity index (χ3n) is 6.00. The van der Waals surface area contributed by atoms with Gasteiger partial charge in [-0.15, -0.1) is 0 Å². The molecule has 8 heteroatoms. The van der Waals surface area contributed by atoms with Crippen LogP contribution in [0.4, 0.5) is 5.69 Å². The van der Waals surface area contributed by atoms with Crippen LogP contribution in [0.25, 0.3) is 0 Å². The van der Waals surface area contributed by atoms with E-state index in [0.717, 1.165) is 17.7 Å². The summed E-state index contributed by atoms with van der Waals surface area (Å²) in [5.41, 5.74) is 2.09. The molecule has 0 radical (unpaired) electrons. The molecule has 1 fully saturated rings. The number of amides is 1. The third-order valence-corrected chi connectivity index (χ3v) is 8.12. The Hall–Kier alpha value is -2.09. The molecule has 0 spiro atoms. The second-order valence-corrected chi connectivity index (χ2v) is 10.5. The van der Waals surface area contributed by atoms with Gasteiger partial charge in [0.1, 0.15) is 10.6 Å². The van der Waals surface area contributed by atoms with Gasteiger partial charge >= 0.3 is 0 Å². The van der Waals surface area contributed by atoms with E-state index in [4.69, 9.17) is 16.3 Å². The summed E-state index contributed by atoms with van der Waals surface area (Å²) in [7, 11) is -3.85. The minimum Gasteiger partial charge on any atom is -0.492 e. The molecule has 2 aliphatic rings. The first-order chi connectivity index (χ1) is 14.8. The SMILES string of the molecule is CCOc1ccc(Cl)cc1S(=O)(=O)N1CCCC(C(=O)N2c3ccccc3CC2C)C1. The van der Waals surface area contributed by atoms with Crippen molar-refractivity contribution in [1.82, 2.24) is 4.31 Å². The van der Waals surface area contributed by atoms with Gasteiger partial charge in [0.25, 0.3) is 0 Å². The summed E-state index contributed by atoms with van der Waals surface area (Å²) >= 11 is 6.09. The summed E-state index contributed by atoms with van der Waals surface area (Å²) in [5, 5.41) is 0.328. The number of piperidine rings is 1. The Morgan fingerprint density at radius 1 is 1.23 bits per heavy atom. The van der Waals surface area contributed by atoms with Crippen molar-refractivity contribution in [1.29, 1.82) is 0 Å². The van der Waals surface area contributed by atoms with Gasteiger partial charge in [-0.05, 0) is 62.9 Å². The number of rotatable bonds is 5. The lowest BCUT2D eigenvalue weighted by Gasteiger charge is -2.34. The van der Waals surface area contributed by atoms with Gasteiger partial charge < -0.3 is 9.64 Å². The first kappa shape index (κ1) is 22.1. The van der Waals surface area contributed by atoms with Gasteiger partial charge in [0.05, 0.1) is 12.5 Å². The molecule has 2 atom stereocenters. The van der Waals surface area contributed by atoms with Gasteiger partial charge in [0.2, 0.25) is 15.9 Å². The van der Waals surface area contributed by atoms with Crippen LogP contribution in [0, 0.1) is 5.92 Å². The Morgan fingerprint density at radius 2 is 2.00 bits per heavy atom. The number of nitrogens with zero attached hydrogens (tertiary/aromatic N) is 2. The van der Waals surface area contributed by atoms with Crippen LogP contribution in [0.5, 0.6) is 5.75 Å². The van der Waals surface area contributed by atoms with Gasteiger partial charge in [-0.25, -0.2) is 8.42 Å². The molecule has 0 saturated carbocycles. The first-order valence-corrected chi connectivity index (χ1v) is 12.5. The zero-order chi connectivity index (χ0) is 22.2. The molecule has 2 aromatic rings. The van der Waals surface area contributed by atoms with Crippen LogP contribution in [0.1, 0.15) is 32.3 Å². The van der Waals surface area contributed by atoms with E-state index < -0.39 is 10.0 Å². The van der Waals surface area contributed by atoms with E-state index in [1.807, 2.05) is 36.1 Å². The van der Waals surface area contributed by atoms with Gasteiger partial charge in [0, 0.05) is 29.8 Å². The van der Waals surface area contributed by atoms with Crippen LogP contribution in [0.15, 0.2) is 47.4 Å². The minimum absolute atomic E-state index is 0.00604. The summed E-state index contributed by atoms with van der Waals surface area (Å²) in [6, 6.07) is 12.6. The fraction of sp³-hybridized carbons (Fsp3) is 0.435. The molecule has 4 rings (SSSR count). The standard InChI is InChI=1S/C23H27ClN2O4S/c1-3-30-21-11-10-19(24)14-22(21)31(28,29)25-12-6-8-18(15-25)23(27)26-16(2)13-17-7-4-5-9-20(17)26/h4-5,7,9-11,14,16,18H,3,6,8,12-13,15H2,1-2H3. The maximum atomic E-state index is 13.5. The highest BCUT2D eigenvalue weighted by molar-refractivity contribution is 7.89. The van der Waals surface area contributed by atoms with Crippen molar-refractivity contribution in [2.24, 2.45) is 5.92 Å². The van der Waals surface area contributed by atoms with E-state index in [2.05, 4.69) is 0 Å². The van der Waals surface area contributed by atoms with Crippen LogP contribution in [-0.2, 0) is 21.2 Å². The number of carbonyl (C=O) groups is 1. The van der Waals surface area contributed by atoms with Crippen molar-refractivity contribution in [2.75, 3.05) is 24.6 Å². The lowest BCUT2D eigenvalue weighted by atomic mass is 9.97. The van der Waals surface area contributed by atoms with E-state index in [1.165, 1.54) is 10.4 Å². The summed E-state index contributed by atoms with van der Waals surface area (Å²) < 4.78 is 33.8. The third kappa shape index (κ3) is 4.19. The average molecular weight is 463 g/mol. The van der Waals surface area contributed by atoms with Gasteiger partial charge in [-0.2, -0.15) is 4.31 Å². The van der Waals surface area contributed by atoms with Crippen molar-refractivity contribution in [3.63, 3.8) is 0 Å². The molecule has 2 aromatic carbocycles. The smallest absolute Gasteiger partial charge is 0.246 e.